The molecule has 0 aliphatic heterocycles. The van der Waals surface area contributed by atoms with Gasteiger partial charge in [0.25, 0.3) is 5.91 Å². The first kappa shape index (κ1) is 16.7. The largest absolute Gasteiger partial charge is 0.467 e. The number of amides is 1. The zero-order chi connectivity index (χ0) is 17.1. The van der Waals surface area contributed by atoms with Crippen LogP contribution in [0.5, 0.6) is 5.88 Å². The van der Waals surface area contributed by atoms with E-state index in [4.69, 9.17) is 4.74 Å². The van der Waals surface area contributed by atoms with Gasteiger partial charge in [-0.05, 0) is 37.8 Å². The molecule has 0 bridgehead atoms. The molecule has 0 atom stereocenters. The van der Waals surface area contributed by atoms with E-state index in [0.717, 1.165) is 26.4 Å². The van der Waals surface area contributed by atoms with E-state index in [2.05, 4.69) is 15.3 Å². The van der Waals surface area contributed by atoms with Gasteiger partial charge in [0.05, 0.1) is 11.1 Å². The maximum Gasteiger partial charge on any atom is 0.262 e. The second kappa shape index (κ2) is 7.19. The third-order valence-corrected chi connectivity index (χ3v) is 5.56. The Labute approximate surface area is 148 Å². The summed E-state index contributed by atoms with van der Waals surface area (Å²) in [4.78, 5) is 23.7. The van der Waals surface area contributed by atoms with Crippen molar-refractivity contribution in [3.63, 3.8) is 0 Å². The van der Waals surface area contributed by atoms with Crippen LogP contribution in [0, 0.1) is 13.8 Å². The molecule has 124 valence electrons. The Morgan fingerprint density at radius 3 is 2.88 bits per heavy atom. The predicted octanol–water partition coefficient (Wildman–Crippen LogP) is 4.05. The smallest absolute Gasteiger partial charge is 0.262 e. The van der Waals surface area contributed by atoms with Gasteiger partial charge in [-0.25, -0.2) is 9.97 Å². The summed E-state index contributed by atoms with van der Waals surface area (Å²) in [6.45, 7) is 3.96. The predicted molar refractivity (Wildman–Crippen MR) is 99.2 cm³/mol. The van der Waals surface area contributed by atoms with Crippen LogP contribution in [0.1, 0.15) is 10.4 Å². The van der Waals surface area contributed by atoms with E-state index in [1.165, 1.54) is 11.2 Å². The zero-order valence-corrected chi connectivity index (χ0v) is 15.3. The van der Waals surface area contributed by atoms with E-state index in [-0.39, 0.29) is 12.5 Å². The Balaban J connectivity index is 1.73. The summed E-state index contributed by atoms with van der Waals surface area (Å²) >= 11 is 3.18. The Morgan fingerprint density at radius 1 is 1.29 bits per heavy atom. The van der Waals surface area contributed by atoms with Crippen LogP contribution in [0.15, 0.2) is 35.5 Å². The minimum atomic E-state index is -0.215. The summed E-state index contributed by atoms with van der Waals surface area (Å²) in [7, 11) is 0. The number of aryl methyl sites for hydroxylation is 2. The summed E-state index contributed by atoms with van der Waals surface area (Å²) in [6.07, 6.45) is 3.44. The Hall–Kier alpha value is -2.12. The van der Waals surface area contributed by atoms with Crippen LogP contribution in [0.4, 0.5) is 5.69 Å². The second-order valence-corrected chi connectivity index (χ2v) is 7.23. The van der Waals surface area contributed by atoms with Crippen LogP contribution in [0.3, 0.4) is 0 Å². The molecular formula is C17H17N3O2S2. The Morgan fingerprint density at radius 2 is 2.08 bits per heavy atom. The lowest BCUT2D eigenvalue weighted by Crippen LogP contribution is -2.21. The number of thiophene rings is 1. The minimum Gasteiger partial charge on any atom is -0.467 e. The van der Waals surface area contributed by atoms with Crippen molar-refractivity contribution in [1.82, 2.24) is 9.97 Å². The van der Waals surface area contributed by atoms with Crippen molar-refractivity contribution >= 4 is 44.9 Å². The van der Waals surface area contributed by atoms with Gasteiger partial charge >= 0.3 is 0 Å². The van der Waals surface area contributed by atoms with Gasteiger partial charge in [0.15, 0.2) is 6.61 Å². The van der Waals surface area contributed by atoms with Gasteiger partial charge in [-0.15, -0.1) is 23.1 Å². The standard InChI is InChI=1S/C17H17N3O2S2/c1-10-11(2)24-17-15(10)16(18-9-19-17)22-8-14(21)20-12-6-4-5-7-13(12)23-3/h4-7,9H,8H2,1-3H3,(H,20,21). The van der Waals surface area contributed by atoms with E-state index >= 15 is 0 Å². The normalized spacial score (nSPS) is 10.8. The molecular weight excluding hydrogens is 342 g/mol. The molecule has 7 heteroatoms. The van der Waals surface area contributed by atoms with Gasteiger partial charge in [0.1, 0.15) is 11.2 Å². The second-order valence-electron chi connectivity index (χ2n) is 5.18. The summed E-state index contributed by atoms with van der Waals surface area (Å²) in [6, 6.07) is 7.67. The number of carbonyl (C=O) groups excluding carboxylic acids is 1. The third-order valence-electron chi connectivity index (χ3n) is 3.65. The lowest BCUT2D eigenvalue weighted by Gasteiger charge is -2.10. The van der Waals surface area contributed by atoms with E-state index < -0.39 is 0 Å². The van der Waals surface area contributed by atoms with Gasteiger partial charge in [-0.1, -0.05) is 12.1 Å². The van der Waals surface area contributed by atoms with Crippen molar-refractivity contribution in [2.75, 3.05) is 18.2 Å². The first-order valence-electron chi connectivity index (χ1n) is 7.36. The van der Waals surface area contributed by atoms with Gasteiger partial charge in [-0.2, -0.15) is 0 Å². The highest BCUT2D eigenvalue weighted by molar-refractivity contribution is 7.98. The van der Waals surface area contributed by atoms with Gasteiger partial charge in [-0.3, -0.25) is 4.79 Å². The number of fused-ring (bicyclic) bond motifs is 1. The number of benzene rings is 1. The molecule has 0 unspecified atom stereocenters. The fourth-order valence-electron chi connectivity index (χ4n) is 2.33. The fraction of sp³-hybridized carbons (Fsp3) is 0.235. The minimum absolute atomic E-state index is 0.0941. The Bertz CT molecular complexity index is 893. The third kappa shape index (κ3) is 3.37. The maximum atomic E-state index is 12.2. The first-order chi connectivity index (χ1) is 11.6. The van der Waals surface area contributed by atoms with Crippen molar-refractivity contribution in [3.05, 3.63) is 41.0 Å². The summed E-state index contributed by atoms with van der Waals surface area (Å²) in [5.41, 5.74) is 1.88. The van der Waals surface area contributed by atoms with Crippen molar-refractivity contribution < 1.29 is 9.53 Å². The number of nitrogens with zero attached hydrogens (tertiary/aromatic N) is 2. The van der Waals surface area contributed by atoms with E-state index in [1.54, 1.807) is 23.1 Å². The van der Waals surface area contributed by atoms with Gasteiger partial charge < -0.3 is 10.1 Å². The highest BCUT2D eigenvalue weighted by atomic mass is 32.2. The number of carbonyl (C=O) groups is 1. The van der Waals surface area contributed by atoms with E-state index in [0.29, 0.717) is 5.88 Å². The first-order valence-corrected chi connectivity index (χ1v) is 9.40. The molecule has 0 saturated heterocycles. The molecule has 5 nitrogen and oxygen atoms in total. The SMILES string of the molecule is CSc1ccccc1NC(=O)COc1ncnc2sc(C)c(C)c12. The number of anilines is 1. The summed E-state index contributed by atoms with van der Waals surface area (Å²) in [5, 5.41) is 3.76. The summed E-state index contributed by atoms with van der Waals surface area (Å²) < 4.78 is 5.66. The van der Waals surface area contributed by atoms with Crippen molar-refractivity contribution in [2.24, 2.45) is 0 Å². The van der Waals surface area contributed by atoms with Crippen LogP contribution in [-0.2, 0) is 4.79 Å². The number of thioether (sulfide) groups is 1. The van der Waals surface area contributed by atoms with Crippen LogP contribution in [0.25, 0.3) is 10.2 Å². The molecule has 2 heterocycles. The molecule has 3 rings (SSSR count). The molecule has 2 aromatic heterocycles. The molecule has 0 radical (unpaired) electrons. The van der Waals surface area contributed by atoms with Crippen molar-refractivity contribution in [2.45, 2.75) is 18.7 Å². The van der Waals surface area contributed by atoms with Gasteiger partial charge in [0.2, 0.25) is 5.88 Å². The Kier molecular flexibility index (Phi) is 5.01. The van der Waals surface area contributed by atoms with E-state index in [1.807, 2.05) is 44.4 Å². The van der Waals surface area contributed by atoms with Gasteiger partial charge in [0, 0.05) is 9.77 Å². The highest BCUT2D eigenvalue weighted by Gasteiger charge is 2.14. The quantitative estimate of drug-likeness (QED) is 0.696. The lowest BCUT2D eigenvalue weighted by atomic mass is 10.2. The molecule has 0 spiro atoms. The highest BCUT2D eigenvalue weighted by Crippen LogP contribution is 2.33. The monoisotopic (exact) mass is 359 g/mol. The van der Waals surface area contributed by atoms with Crippen LogP contribution < -0.4 is 10.1 Å². The molecule has 0 saturated carbocycles. The van der Waals surface area contributed by atoms with E-state index in [9.17, 15) is 4.79 Å². The molecule has 0 fully saturated rings. The average Bonchev–Trinajstić information content (AvgIpc) is 2.88. The molecule has 1 aromatic carbocycles. The summed E-state index contributed by atoms with van der Waals surface area (Å²) in [5.74, 6) is 0.239. The maximum absolute atomic E-state index is 12.2. The number of para-hydroxylation sites is 1. The number of ether oxygens (including phenoxy) is 1. The number of rotatable bonds is 5. The molecule has 24 heavy (non-hydrogen) atoms. The number of nitrogens with one attached hydrogen (secondary N) is 1. The van der Waals surface area contributed by atoms with Crippen LogP contribution in [-0.4, -0.2) is 28.7 Å². The number of aromatic nitrogens is 2. The fourth-order valence-corrected chi connectivity index (χ4v) is 3.87. The van der Waals surface area contributed by atoms with Crippen LogP contribution in [0.2, 0.25) is 0 Å². The van der Waals surface area contributed by atoms with Crippen molar-refractivity contribution in [3.8, 4) is 5.88 Å². The lowest BCUT2D eigenvalue weighted by molar-refractivity contribution is -0.118. The number of hydrogen-bond acceptors (Lipinski definition) is 6. The zero-order valence-electron chi connectivity index (χ0n) is 13.6. The molecule has 1 N–H and O–H groups in total. The molecule has 0 aliphatic carbocycles. The molecule has 0 aliphatic rings. The molecule has 3 aromatic rings. The molecule has 1 amide bonds. The number of hydrogen-bond donors (Lipinski definition) is 1. The van der Waals surface area contributed by atoms with Crippen LogP contribution >= 0.6 is 23.1 Å². The average molecular weight is 359 g/mol. The van der Waals surface area contributed by atoms with Crippen molar-refractivity contribution in [1.29, 1.82) is 0 Å². The topological polar surface area (TPSA) is 64.1 Å².